The maximum atomic E-state index is 7.96. The normalized spacial score (nSPS) is 12.8. The van der Waals surface area contributed by atoms with E-state index in [1.165, 1.54) is 7.11 Å². The van der Waals surface area contributed by atoms with Crippen LogP contribution in [0.1, 0.15) is 6.92 Å². The van der Waals surface area contributed by atoms with Crippen molar-refractivity contribution in [2.24, 2.45) is 0 Å². The van der Waals surface area contributed by atoms with Crippen LogP contribution in [0.2, 0.25) is 0 Å². The maximum absolute atomic E-state index is 7.96. The van der Waals surface area contributed by atoms with Gasteiger partial charge in [-0.25, -0.2) is 0 Å². The first-order valence-electron chi connectivity index (χ1n) is 1.73. The van der Waals surface area contributed by atoms with Crippen molar-refractivity contribution in [1.29, 1.82) is 5.26 Å². The number of methoxy groups -OCH3 is 1. The fourth-order valence-electron chi connectivity index (χ4n) is 0.0527. The van der Waals surface area contributed by atoms with E-state index < -0.39 is 0 Å². The van der Waals surface area contributed by atoms with Gasteiger partial charge in [0.2, 0.25) is 0 Å². The monoisotopic (exact) mass is 85.1 g/mol. The molecule has 0 aliphatic rings. The lowest BCUT2D eigenvalue weighted by molar-refractivity contribution is 0.162. The van der Waals surface area contributed by atoms with Gasteiger partial charge < -0.3 is 4.74 Å². The quantitative estimate of drug-likeness (QED) is 0.465. The van der Waals surface area contributed by atoms with Crippen molar-refractivity contribution in [2.75, 3.05) is 7.11 Å². The molecule has 0 saturated heterocycles. The number of hydrogen-bond donors (Lipinski definition) is 0. The van der Waals surface area contributed by atoms with Crippen LogP contribution in [0.3, 0.4) is 0 Å². The molecule has 0 aliphatic heterocycles. The van der Waals surface area contributed by atoms with Gasteiger partial charge in [-0.3, -0.25) is 0 Å². The Balaban J connectivity index is 3.04. The van der Waals surface area contributed by atoms with Crippen molar-refractivity contribution in [2.45, 2.75) is 13.0 Å². The lowest BCUT2D eigenvalue weighted by atomic mass is 10.5. The van der Waals surface area contributed by atoms with Gasteiger partial charge in [0.1, 0.15) is 6.10 Å². The Morgan fingerprint density at radius 1 is 1.83 bits per heavy atom. The minimum Gasteiger partial charge on any atom is -0.367 e. The van der Waals surface area contributed by atoms with Gasteiger partial charge in [-0.15, -0.1) is 0 Å². The second-order valence-electron chi connectivity index (χ2n) is 1.01. The molecular weight excluding hydrogens is 78.0 g/mol. The largest absolute Gasteiger partial charge is 0.367 e. The molecule has 0 aromatic rings. The topological polar surface area (TPSA) is 33.0 Å². The van der Waals surface area contributed by atoms with E-state index in [4.69, 9.17) is 5.26 Å². The Morgan fingerprint density at radius 2 is 2.33 bits per heavy atom. The number of hydrogen-bond acceptors (Lipinski definition) is 2. The fraction of sp³-hybridized carbons (Fsp3) is 0.750. The lowest BCUT2D eigenvalue weighted by Crippen LogP contribution is -1.97. The van der Waals surface area contributed by atoms with Crippen LogP contribution >= 0.6 is 0 Å². The molecule has 2 nitrogen and oxygen atoms in total. The Hall–Kier alpha value is -0.550. The standard InChI is InChI=1S/C4H7NO/c1-4(3-5)6-2/h4H,1-2H3/t4-/m1/s1. The van der Waals surface area contributed by atoms with E-state index in [9.17, 15) is 0 Å². The van der Waals surface area contributed by atoms with Crippen LogP contribution in [0.15, 0.2) is 0 Å². The summed E-state index contributed by atoms with van der Waals surface area (Å²) in [6.45, 7) is 1.69. The zero-order valence-electron chi connectivity index (χ0n) is 3.93. The van der Waals surface area contributed by atoms with Gasteiger partial charge in [-0.2, -0.15) is 5.26 Å². The highest BCUT2D eigenvalue weighted by Gasteiger charge is 1.88. The van der Waals surface area contributed by atoms with Crippen LogP contribution < -0.4 is 0 Å². The van der Waals surface area contributed by atoms with E-state index in [0.29, 0.717) is 0 Å². The van der Waals surface area contributed by atoms with Crippen molar-refractivity contribution in [1.82, 2.24) is 0 Å². The third-order valence-electron chi connectivity index (χ3n) is 0.535. The molecule has 34 valence electrons. The number of rotatable bonds is 1. The van der Waals surface area contributed by atoms with Gasteiger partial charge in [0.05, 0.1) is 6.07 Å². The van der Waals surface area contributed by atoms with E-state index in [1.807, 2.05) is 6.07 Å². The first-order chi connectivity index (χ1) is 2.81. The summed E-state index contributed by atoms with van der Waals surface area (Å²) in [7, 11) is 1.51. The Morgan fingerprint density at radius 3 is 2.33 bits per heavy atom. The number of nitrogens with zero attached hydrogens (tertiary/aromatic N) is 1. The lowest BCUT2D eigenvalue weighted by Gasteiger charge is -1.91. The molecule has 6 heavy (non-hydrogen) atoms. The highest BCUT2D eigenvalue weighted by molar-refractivity contribution is 4.77. The van der Waals surface area contributed by atoms with E-state index in [-0.39, 0.29) is 6.10 Å². The third kappa shape index (κ3) is 1.74. The molecule has 0 aromatic heterocycles. The van der Waals surface area contributed by atoms with Gasteiger partial charge in [-0.1, -0.05) is 0 Å². The van der Waals surface area contributed by atoms with Gasteiger partial charge in [0.25, 0.3) is 0 Å². The average Bonchev–Trinajstić information content (AvgIpc) is 1.65. The van der Waals surface area contributed by atoms with Gasteiger partial charge in [-0.05, 0) is 6.92 Å². The van der Waals surface area contributed by atoms with Crippen molar-refractivity contribution in [3.05, 3.63) is 0 Å². The maximum Gasteiger partial charge on any atom is 0.140 e. The minimum absolute atomic E-state index is 0.259. The smallest absolute Gasteiger partial charge is 0.140 e. The number of nitriles is 1. The van der Waals surface area contributed by atoms with Crippen molar-refractivity contribution in [3.63, 3.8) is 0 Å². The first-order valence-corrected chi connectivity index (χ1v) is 1.73. The highest BCUT2D eigenvalue weighted by Crippen LogP contribution is 1.78. The van der Waals surface area contributed by atoms with Crippen LogP contribution in [0.25, 0.3) is 0 Å². The summed E-state index contributed by atoms with van der Waals surface area (Å²) in [5.41, 5.74) is 0. The fourth-order valence-corrected chi connectivity index (χ4v) is 0.0527. The third-order valence-corrected chi connectivity index (χ3v) is 0.535. The van der Waals surface area contributed by atoms with E-state index >= 15 is 0 Å². The van der Waals surface area contributed by atoms with Crippen LogP contribution in [0.4, 0.5) is 0 Å². The summed E-state index contributed by atoms with van der Waals surface area (Å²) in [5.74, 6) is 0. The van der Waals surface area contributed by atoms with Crippen LogP contribution in [0, 0.1) is 11.3 Å². The minimum atomic E-state index is -0.259. The molecule has 0 aromatic carbocycles. The molecule has 0 aliphatic carbocycles. The average molecular weight is 85.1 g/mol. The number of ether oxygens (including phenoxy) is 1. The van der Waals surface area contributed by atoms with Gasteiger partial charge >= 0.3 is 0 Å². The predicted molar refractivity (Wildman–Crippen MR) is 22.1 cm³/mol. The molecule has 0 rings (SSSR count). The molecule has 0 N–H and O–H groups in total. The molecule has 0 bridgehead atoms. The first kappa shape index (κ1) is 5.45. The molecule has 2 heteroatoms. The van der Waals surface area contributed by atoms with Crippen molar-refractivity contribution >= 4 is 0 Å². The highest BCUT2D eigenvalue weighted by atomic mass is 16.5. The summed E-state index contributed by atoms with van der Waals surface area (Å²) in [4.78, 5) is 0. The van der Waals surface area contributed by atoms with E-state index in [1.54, 1.807) is 6.92 Å². The molecule has 0 heterocycles. The molecular formula is C4H7NO. The van der Waals surface area contributed by atoms with Gasteiger partial charge in [0.15, 0.2) is 0 Å². The van der Waals surface area contributed by atoms with E-state index in [2.05, 4.69) is 4.74 Å². The molecule has 0 fully saturated rings. The molecule has 1 atom stereocenters. The molecule has 0 unspecified atom stereocenters. The summed E-state index contributed by atoms with van der Waals surface area (Å²) in [6, 6.07) is 1.89. The Bertz CT molecular complexity index is 64.4. The zero-order chi connectivity index (χ0) is 4.99. The van der Waals surface area contributed by atoms with Crippen molar-refractivity contribution in [3.8, 4) is 6.07 Å². The van der Waals surface area contributed by atoms with Crippen LogP contribution in [-0.4, -0.2) is 13.2 Å². The predicted octanol–water partition coefficient (Wildman–Crippen LogP) is 0.545. The summed E-state index contributed by atoms with van der Waals surface area (Å²) in [5, 5.41) is 7.96. The van der Waals surface area contributed by atoms with Crippen molar-refractivity contribution < 1.29 is 4.74 Å². The second-order valence-corrected chi connectivity index (χ2v) is 1.01. The summed E-state index contributed by atoms with van der Waals surface area (Å²) in [6.07, 6.45) is -0.259. The Kier molecular flexibility index (Phi) is 2.43. The van der Waals surface area contributed by atoms with Crippen LogP contribution in [-0.2, 0) is 4.74 Å². The Labute approximate surface area is 37.3 Å². The summed E-state index contributed by atoms with van der Waals surface area (Å²) >= 11 is 0. The van der Waals surface area contributed by atoms with Crippen LogP contribution in [0.5, 0.6) is 0 Å². The molecule has 0 radical (unpaired) electrons. The summed E-state index contributed by atoms with van der Waals surface area (Å²) < 4.78 is 4.54. The second kappa shape index (κ2) is 2.67. The SMILES string of the molecule is CO[C@H](C)C#N. The zero-order valence-corrected chi connectivity index (χ0v) is 3.93. The van der Waals surface area contributed by atoms with E-state index in [0.717, 1.165) is 0 Å². The molecule has 0 spiro atoms. The molecule has 0 saturated carbocycles. The molecule has 0 amide bonds. The van der Waals surface area contributed by atoms with Gasteiger partial charge in [0, 0.05) is 7.11 Å².